The summed E-state index contributed by atoms with van der Waals surface area (Å²) in [6, 6.07) is 10.2. The summed E-state index contributed by atoms with van der Waals surface area (Å²) in [6.45, 7) is 1.82. The largest absolute Gasteiger partial charge is 0.497 e. The van der Waals surface area contributed by atoms with Crippen molar-refractivity contribution in [1.29, 1.82) is 0 Å². The van der Waals surface area contributed by atoms with Crippen molar-refractivity contribution >= 4 is 40.0 Å². The normalized spacial score (nSPS) is 15.2. The zero-order valence-electron chi connectivity index (χ0n) is 20.5. The fourth-order valence-electron chi connectivity index (χ4n) is 4.86. The maximum Gasteiger partial charge on any atom is 0.249 e. The van der Waals surface area contributed by atoms with Gasteiger partial charge in [-0.2, -0.15) is 0 Å². The minimum Gasteiger partial charge on any atom is -0.497 e. The molecule has 1 fully saturated rings. The molecule has 1 amide bonds. The Bertz CT molecular complexity index is 1350. The van der Waals surface area contributed by atoms with E-state index in [1.165, 1.54) is 12.1 Å². The Morgan fingerprint density at radius 2 is 2.00 bits per heavy atom. The number of amides is 1. The molecule has 0 atom stereocenters. The van der Waals surface area contributed by atoms with E-state index in [9.17, 15) is 14.4 Å². The minimum absolute atomic E-state index is 0.0687. The topological polar surface area (TPSA) is 74.7 Å². The number of halogens is 3. The number of likely N-dealkylation sites (tertiary alicyclic amines) is 1. The Hall–Kier alpha value is -2.89. The van der Waals surface area contributed by atoms with Crippen molar-refractivity contribution in [2.24, 2.45) is 5.41 Å². The van der Waals surface area contributed by atoms with Gasteiger partial charge in [0.15, 0.2) is 0 Å². The van der Waals surface area contributed by atoms with Gasteiger partial charge >= 0.3 is 0 Å². The van der Waals surface area contributed by atoms with E-state index in [0.29, 0.717) is 62.3 Å². The lowest BCUT2D eigenvalue weighted by Crippen LogP contribution is -2.48. The molecule has 0 spiro atoms. The van der Waals surface area contributed by atoms with Crippen LogP contribution < -0.4 is 10.2 Å². The van der Waals surface area contributed by atoms with Crippen LogP contribution in [0.5, 0.6) is 5.75 Å². The molecule has 2 N–H and O–H groups in total. The highest BCUT2D eigenvalue weighted by molar-refractivity contribution is 6.32. The molecule has 2 heterocycles. The van der Waals surface area contributed by atoms with Crippen LogP contribution in [0.4, 0.5) is 4.39 Å². The third kappa shape index (κ3) is 6.34. The van der Waals surface area contributed by atoms with E-state index in [1.807, 2.05) is 23.7 Å². The van der Waals surface area contributed by atoms with Crippen LogP contribution in [0, 0.1) is 23.1 Å². The number of hydroxylamine groups is 1. The maximum absolute atomic E-state index is 13.6. The first-order valence-electron chi connectivity index (χ1n) is 12.1. The first-order valence-corrected chi connectivity index (χ1v) is 12.8. The molecule has 1 aliphatic rings. The number of aromatic nitrogens is 1. The van der Waals surface area contributed by atoms with Gasteiger partial charge in [-0.1, -0.05) is 35.0 Å². The fraction of sp³-hybridized carbons (Fsp3) is 0.357. The second-order valence-electron chi connectivity index (χ2n) is 9.25. The Balaban J connectivity index is 1.39. The van der Waals surface area contributed by atoms with Crippen molar-refractivity contribution in [3.8, 4) is 17.6 Å². The molecule has 2 aromatic carbocycles. The maximum atomic E-state index is 13.6. The van der Waals surface area contributed by atoms with Crippen LogP contribution in [0.3, 0.4) is 0 Å². The van der Waals surface area contributed by atoms with Crippen LogP contribution in [0.25, 0.3) is 10.9 Å². The Morgan fingerprint density at radius 3 is 2.70 bits per heavy atom. The molecular formula is C28H28Cl2FN3O3. The number of hydrogen-bond acceptors (Lipinski definition) is 5. The van der Waals surface area contributed by atoms with Gasteiger partial charge in [0, 0.05) is 30.2 Å². The van der Waals surface area contributed by atoms with E-state index < -0.39 is 11.2 Å². The molecule has 0 bridgehead atoms. The van der Waals surface area contributed by atoms with Crippen LogP contribution in [0.15, 0.2) is 42.6 Å². The molecule has 1 aliphatic heterocycles. The number of aryl methyl sites for hydroxylation is 1. The summed E-state index contributed by atoms with van der Waals surface area (Å²) in [5, 5.41) is 11.0. The third-order valence-corrected chi connectivity index (χ3v) is 7.70. The number of nitrogens with one attached hydrogen (secondary N) is 1. The average molecular weight is 544 g/mol. The van der Waals surface area contributed by atoms with Gasteiger partial charge in [0.25, 0.3) is 0 Å². The molecule has 37 heavy (non-hydrogen) atoms. The summed E-state index contributed by atoms with van der Waals surface area (Å²) in [5.74, 6) is 5.90. The number of benzene rings is 2. The number of methoxy groups -OCH3 is 1. The highest BCUT2D eigenvalue weighted by Crippen LogP contribution is 2.38. The number of fused-ring (bicyclic) bond motifs is 1. The van der Waals surface area contributed by atoms with Crippen LogP contribution >= 0.6 is 23.2 Å². The zero-order valence-corrected chi connectivity index (χ0v) is 22.0. The number of hydrogen-bond donors (Lipinski definition) is 2. The molecule has 1 aromatic heterocycles. The molecule has 0 radical (unpaired) electrons. The summed E-state index contributed by atoms with van der Waals surface area (Å²) in [5.41, 5.74) is 3.57. The van der Waals surface area contributed by atoms with E-state index in [0.717, 1.165) is 22.2 Å². The highest BCUT2D eigenvalue weighted by Gasteiger charge is 2.40. The van der Waals surface area contributed by atoms with Crippen LogP contribution in [0.1, 0.15) is 36.8 Å². The molecule has 1 saturated heterocycles. The van der Waals surface area contributed by atoms with Gasteiger partial charge in [0.2, 0.25) is 5.91 Å². The van der Waals surface area contributed by atoms with E-state index >= 15 is 0 Å². The zero-order chi connectivity index (χ0) is 26.4. The first kappa shape index (κ1) is 27.2. The number of ether oxygens (including phenoxy) is 1. The second kappa shape index (κ2) is 12.1. The first-order chi connectivity index (χ1) is 17.8. The lowest BCUT2D eigenvalue weighted by Gasteiger charge is -2.39. The number of rotatable bonds is 7. The average Bonchev–Trinajstić information content (AvgIpc) is 2.92. The van der Waals surface area contributed by atoms with Gasteiger partial charge in [-0.05, 0) is 74.1 Å². The molecule has 4 rings (SSSR count). The monoisotopic (exact) mass is 543 g/mol. The quantitative estimate of drug-likeness (QED) is 0.229. The summed E-state index contributed by atoms with van der Waals surface area (Å²) in [6.07, 6.45) is 4.82. The third-order valence-electron chi connectivity index (χ3n) is 7.07. The molecular weight excluding hydrogens is 516 g/mol. The van der Waals surface area contributed by atoms with Crippen LogP contribution in [0.2, 0.25) is 10.0 Å². The van der Waals surface area contributed by atoms with Crippen molar-refractivity contribution in [2.45, 2.75) is 32.1 Å². The molecule has 9 heteroatoms. The second-order valence-corrected chi connectivity index (χ2v) is 10.1. The number of pyridine rings is 1. The standard InChI is InChI=1S/C28H28Cl2FN3O3/c1-37-20-7-9-26-22(17-20)21(24(30)18-32-26)5-2-10-28(27(35)33-36)11-14-34(15-12-28)13-3-4-19-6-8-23(29)25(31)16-19/h6-9,16-18,36H,2,5,10-15H2,1H3,(H,33,35). The van der Waals surface area contributed by atoms with E-state index in [-0.39, 0.29) is 10.9 Å². The molecule has 6 nitrogen and oxygen atoms in total. The van der Waals surface area contributed by atoms with E-state index in [1.54, 1.807) is 19.4 Å². The molecule has 0 aliphatic carbocycles. The Kier molecular flexibility index (Phi) is 8.88. The number of carbonyl (C=O) groups excluding carboxylic acids is 1. The summed E-state index contributed by atoms with van der Waals surface area (Å²) in [4.78, 5) is 19.3. The summed E-state index contributed by atoms with van der Waals surface area (Å²) < 4.78 is 19.0. The van der Waals surface area contributed by atoms with Gasteiger partial charge in [0.05, 0.1) is 34.6 Å². The van der Waals surface area contributed by atoms with Gasteiger partial charge in [0.1, 0.15) is 11.6 Å². The number of nitrogens with zero attached hydrogens (tertiary/aromatic N) is 2. The minimum atomic E-state index is -0.676. The molecule has 0 saturated carbocycles. The fourth-order valence-corrected chi connectivity index (χ4v) is 5.23. The number of piperidine rings is 1. The number of carbonyl (C=O) groups is 1. The van der Waals surface area contributed by atoms with E-state index in [4.69, 9.17) is 27.9 Å². The predicted octanol–water partition coefficient (Wildman–Crippen LogP) is 5.65. The summed E-state index contributed by atoms with van der Waals surface area (Å²) >= 11 is 12.2. The van der Waals surface area contributed by atoms with Crippen LogP contribution in [-0.4, -0.2) is 47.7 Å². The van der Waals surface area contributed by atoms with Crippen molar-refractivity contribution < 1.29 is 19.1 Å². The van der Waals surface area contributed by atoms with Crippen molar-refractivity contribution in [1.82, 2.24) is 15.4 Å². The van der Waals surface area contributed by atoms with Crippen molar-refractivity contribution in [3.05, 3.63) is 69.6 Å². The van der Waals surface area contributed by atoms with Crippen molar-refractivity contribution in [2.75, 3.05) is 26.7 Å². The lowest BCUT2D eigenvalue weighted by molar-refractivity contribution is -0.143. The van der Waals surface area contributed by atoms with Crippen molar-refractivity contribution in [3.63, 3.8) is 0 Å². The Morgan fingerprint density at radius 1 is 1.22 bits per heavy atom. The molecule has 0 unspecified atom stereocenters. The Labute approximate surface area is 225 Å². The smallest absolute Gasteiger partial charge is 0.249 e. The lowest BCUT2D eigenvalue weighted by atomic mass is 9.73. The highest BCUT2D eigenvalue weighted by atomic mass is 35.5. The predicted molar refractivity (Wildman–Crippen MR) is 143 cm³/mol. The van der Waals surface area contributed by atoms with Gasteiger partial charge in [-0.3, -0.25) is 19.9 Å². The molecule has 3 aromatic rings. The SMILES string of the molecule is COc1ccc2ncc(Cl)c(CCCC3(C(=O)NO)CCN(CC#Cc4ccc(Cl)c(F)c4)CC3)c2c1. The summed E-state index contributed by atoms with van der Waals surface area (Å²) in [7, 11) is 1.62. The van der Waals surface area contributed by atoms with Crippen LogP contribution in [-0.2, 0) is 11.2 Å². The van der Waals surface area contributed by atoms with Gasteiger partial charge in [-0.25, -0.2) is 9.87 Å². The van der Waals surface area contributed by atoms with Gasteiger partial charge in [-0.15, -0.1) is 0 Å². The molecule has 194 valence electrons. The van der Waals surface area contributed by atoms with E-state index in [2.05, 4.69) is 21.7 Å². The van der Waals surface area contributed by atoms with Gasteiger partial charge < -0.3 is 4.74 Å².